The number of nitrogens with zero attached hydrogens (tertiary/aromatic N) is 3. The van der Waals surface area contributed by atoms with Crippen LogP contribution in [0.2, 0.25) is 0 Å². The lowest BCUT2D eigenvalue weighted by atomic mass is 10.3. The number of anilines is 1. The highest BCUT2D eigenvalue weighted by Crippen LogP contribution is 2.24. The van der Waals surface area contributed by atoms with Crippen LogP contribution in [0.15, 0.2) is 58.6 Å². The van der Waals surface area contributed by atoms with E-state index in [0.29, 0.717) is 18.7 Å². The standard InChI is InChI=1S/C18H21FN4O3S/c1-2-5-16(19)26-14-7-9-15(10-8-14)27(24,25)22-18-11-13-21-23(18)17-6-3-4-12-20-17/h3-4,7-13,16-17,22H,2,5-6H2,1H3. The van der Waals surface area contributed by atoms with Gasteiger partial charge in [-0.25, -0.2) is 17.5 Å². The van der Waals surface area contributed by atoms with Crippen LogP contribution in [0.5, 0.6) is 5.75 Å². The minimum absolute atomic E-state index is 0.0422. The molecule has 3 rings (SSSR count). The normalized spacial score (nSPS) is 17.6. The molecule has 0 saturated carbocycles. The molecule has 2 unspecified atom stereocenters. The third kappa shape index (κ3) is 4.73. The van der Waals surface area contributed by atoms with Gasteiger partial charge in [-0.2, -0.15) is 5.10 Å². The summed E-state index contributed by atoms with van der Waals surface area (Å²) < 4.78 is 48.0. The van der Waals surface area contributed by atoms with E-state index in [0.717, 1.165) is 0 Å². The Labute approximate surface area is 157 Å². The number of ether oxygens (including phenoxy) is 1. The van der Waals surface area contributed by atoms with Crippen molar-refractivity contribution in [3.8, 4) is 5.75 Å². The van der Waals surface area contributed by atoms with E-state index in [1.165, 1.54) is 35.1 Å². The second-order valence-corrected chi connectivity index (χ2v) is 7.68. The number of aliphatic imine (C=N–C) groups is 1. The van der Waals surface area contributed by atoms with Crippen LogP contribution in [0.4, 0.5) is 10.2 Å². The Bertz CT molecular complexity index is 922. The Morgan fingerprint density at radius 1 is 1.33 bits per heavy atom. The zero-order chi connectivity index (χ0) is 19.3. The van der Waals surface area contributed by atoms with Crippen LogP contribution in [0.1, 0.15) is 32.4 Å². The first-order chi connectivity index (χ1) is 13.0. The molecule has 27 heavy (non-hydrogen) atoms. The SMILES string of the molecule is CCCC(F)Oc1ccc(S(=O)(=O)Nc2ccnn2C2CC=CC=N2)cc1. The summed E-state index contributed by atoms with van der Waals surface area (Å²) in [5, 5.41) is 4.16. The molecule has 1 N–H and O–H groups in total. The molecular weight excluding hydrogens is 371 g/mol. The zero-order valence-electron chi connectivity index (χ0n) is 14.8. The molecule has 0 radical (unpaired) electrons. The molecule has 1 aliphatic heterocycles. The first-order valence-electron chi connectivity index (χ1n) is 8.65. The number of nitrogens with one attached hydrogen (secondary N) is 1. The van der Waals surface area contributed by atoms with Crippen LogP contribution < -0.4 is 9.46 Å². The molecule has 1 aromatic carbocycles. The quantitative estimate of drug-likeness (QED) is 0.742. The van der Waals surface area contributed by atoms with Crippen molar-refractivity contribution >= 4 is 22.1 Å². The van der Waals surface area contributed by atoms with Crippen LogP contribution in [-0.2, 0) is 10.0 Å². The number of benzene rings is 1. The Kier molecular flexibility index (Phi) is 5.90. The summed E-state index contributed by atoms with van der Waals surface area (Å²) in [7, 11) is -3.83. The average Bonchev–Trinajstić information content (AvgIpc) is 3.10. The Balaban J connectivity index is 1.73. The lowest BCUT2D eigenvalue weighted by Crippen LogP contribution is -2.19. The number of hydrogen-bond acceptors (Lipinski definition) is 5. The average molecular weight is 392 g/mol. The lowest BCUT2D eigenvalue weighted by molar-refractivity contribution is 0.0588. The number of dihydropyridines is 1. The van der Waals surface area contributed by atoms with Gasteiger partial charge in [-0.05, 0) is 36.8 Å². The van der Waals surface area contributed by atoms with Gasteiger partial charge in [-0.15, -0.1) is 0 Å². The molecule has 0 spiro atoms. The number of halogens is 1. The van der Waals surface area contributed by atoms with Crippen molar-refractivity contribution in [2.45, 2.75) is 43.6 Å². The first kappa shape index (κ1) is 19.1. The Hall–Kier alpha value is -2.68. The molecule has 144 valence electrons. The van der Waals surface area contributed by atoms with Gasteiger partial charge < -0.3 is 4.74 Å². The maximum Gasteiger partial charge on any atom is 0.263 e. The van der Waals surface area contributed by atoms with E-state index in [1.54, 1.807) is 12.3 Å². The van der Waals surface area contributed by atoms with Gasteiger partial charge in [0.25, 0.3) is 10.0 Å². The molecule has 2 atom stereocenters. The van der Waals surface area contributed by atoms with Gasteiger partial charge in [0.05, 0.1) is 11.1 Å². The number of allylic oxidation sites excluding steroid dienone is 1. The van der Waals surface area contributed by atoms with Gasteiger partial charge in [0.2, 0.25) is 6.36 Å². The van der Waals surface area contributed by atoms with Gasteiger partial charge in [-0.3, -0.25) is 9.71 Å². The van der Waals surface area contributed by atoms with Gasteiger partial charge >= 0.3 is 0 Å². The minimum atomic E-state index is -3.83. The molecule has 0 aliphatic carbocycles. The molecule has 0 amide bonds. The molecule has 1 aliphatic rings. The number of alkyl halides is 1. The summed E-state index contributed by atoms with van der Waals surface area (Å²) in [6, 6.07) is 7.19. The first-order valence-corrected chi connectivity index (χ1v) is 10.1. The van der Waals surface area contributed by atoms with E-state index in [-0.39, 0.29) is 23.2 Å². The second-order valence-electron chi connectivity index (χ2n) is 6.00. The fourth-order valence-electron chi connectivity index (χ4n) is 2.59. The third-order valence-corrected chi connectivity index (χ3v) is 5.30. The van der Waals surface area contributed by atoms with Crippen molar-refractivity contribution in [3.63, 3.8) is 0 Å². The summed E-state index contributed by atoms with van der Waals surface area (Å²) in [4.78, 5) is 4.33. The van der Waals surface area contributed by atoms with Crippen molar-refractivity contribution < 1.29 is 17.5 Å². The number of rotatable bonds is 8. The second kappa shape index (κ2) is 8.34. The monoisotopic (exact) mass is 392 g/mol. The Morgan fingerprint density at radius 3 is 2.78 bits per heavy atom. The fourth-order valence-corrected chi connectivity index (χ4v) is 3.64. The summed E-state index contributed by atoms with van der Waals surface area (Å²) in [6.07, 6.45) is 6.80. The molecule has 0 saturated heterocycles. The minimum Gasteiger partial charge on any atom is -0.460 e. The number of sulfonamides is 1. The highest BCUT2D eigenvalue weighted by atomic mass is 32.2. The predicted molar refractivity (Wildman–Crippen MR) is 101 cm³/mol. The zero-order valence-corrected chi connectivity index (χ0v) is 15.6. The van der Waals surface area contributed by atoms with E-state index >= 15 is 0 Å². The van der Waals surface area contributed by atoms with Crippen LogP contribution in [-0.4, -0.2) is 30.8 Å². The lowest BCUT2D eigenvalue weighted by Gasteiger charge is -2.17. The van der Waals surface area contributed by atoms with Crippen molar-refractivity contribution in [1.82, 2.24) is 9.78 Å². The van der Waals surface area contributed by atoms with Gasteiger partial charge in [0.15, 0.2) is 0 Å². The van der Waals surface area contributed by atoms with E-state index in [2.05, 4.69) is 14.8 Å². The van der Waals surface area contributed by atoms with Gasteiger partial charge in [0, 0.05) is 25.1 Å². The van der Waals surface area contributed by atoms with Crippen molar-refractivity contribution in [3.05, 3.63) is 48.7 Å². The van der Waals surface area contributed by atoms with Crippen LogP contribution in [0, 0.1) is 0 Å². The highest BCUT2D eigenvalue weighted by Gasteiger charge is 2.20. The summed E-state index contributed by atoms with van der Waals surface area (Å²) in [5.41, 5.74) is 0. The molecule has 0 bridgehead atoms. The molecule has 1 aromatic heterocycles. The van der Waals surface area contributed by atoms with Crippen molar-refractivity contribution in [2.24, 2.45) is 4.99 Å². The van der Waals surface area contributed by atoms with Crippen LogP contribution in [0.25, 0.3) is 0 Å². The molecule has 9 heteroatoms. The van der Waals surface area contributed by atoms with Gasteiger partial charge in [0.1, 0.15) is 17.7 Å². The smallest absolute Gasteiger partial charge is 0.263 e. The molecule has 7 nitrogen and oxygen atoms in total. The largest absolute Gasteiger partial charge is 0.460 e. The highest BCUT2D eigenvalue weighted by molar-refractivity contribution is 7.92. The fraction of sp³-hybridized carbons (Fsp3) is 0.333. The third-order valence-electron chi connectivity index (χ3n) is 3.93. The maximum absolute atomic E-state index is 13.5. The van der Waals surface area contributed by atoms with E-state index in [1.807, 2.05) is 19.1 Å². The van der Waals surface area contributed by atoms with Crippen LogP contribution >= 0.6 is 0 Å². The topological polar surface area (TPSA) is 85.6 Å². The molecular formula is C18H21FN4O3S. The van der Waals surface area contributed by atoms with Gasteiger partial charge in [-0.1, -0.05) is 13.0 Å². The van der Waals surface area contributed by atoms with E-state index in [4.69, 9.17) is 4.74 Å². The molecule has 2 aromatic rings. The summed E-state index contributed by atoms with van der Waals surface area (Å²) >= 11 is 0. The molecule has 2 heterocycles. The van der Waals surface area contributed by atoms with E-state index in [9.17, 15) is 12.8 Å². The van der Waals surface area contributed by atoms with Crippen LogP contribution in [0.3, 0.4) is 0 Å². The van der Waals surface area contributed by atoms with Crippen molar-refractivity contribution in [1.29, 1.82) is 0 Å². The number of hydrogen-bond donors (Lipinski definition) is 1. The summed E-state index contributed by atoms with van der Waals surface area (Å²) in [5.74, 6) is 0.600. The Morgan fingerprint density at radius 2 is 2.11 bits per heavy atom. The predicted octanol–water partition coefficient (Wildman–Crippen LogP) is 3.69. The molecule has 0 fully saturated rings. The number of aromatic nitrogens is 2. The maximum atomic E-state index is 13.5. The summed E-state index contributed by atoms with van der Waals surface area (Å²) in [6.45, 7) is 1.86. The van der Waals surface area contributed by atoms with Crippen molar-refractivity contribution in [2.75, 3.05) is 4.72 Å². The van der Waals surface area contributed by atoms with E-state index < -0.39 is 16.4 Å².